The van der Waals surface area contributed by atoms with E-state index in [1.807, 2.05) is 0 Å². The Hall–Kier alpha value is -4.19. The summed E-state index contributed by atoms with van der Waals surface area (Å²) in [4.78, 5) is 52.6. The van der Waals surface area contributed by atoms with Crippen molar-refractivity contribution in [3.8, 4) is 0 Å². The lowest BCUT2D eigenvalue weighted by atomic mass is 9.82. The molecule has 3 amide bonds. The fraction of sp³-hybridized carbons (Fsp3) is 0.448. The van der Waals surface area contributed by atoms with Crippen LogP contribution in [0.15, 0.2) is 48.5 Å². The van der Waals surface area contributed by atoms with Crippen LogP contribution >= 0.6 is 0 Å². The Morgan fingerprint density at radius 1 is 0.851 bits per heavy atom. The Kier molecular flexibility index (Phi) is 10.8. The Labute approximate surface area is 264 Å². The molecule has 1 aliphatic heterocycles. The molecule has 11 nitrogen and oxygen atoms in total. The standard InChI is InChI=1S/C29H29F6N3O8S/c30-28(31,32)22-12-21(13-23(14-22)29(33,34)35)26(41)36-47(43,44)37(15-18-4-2-1-3-5-18)16-19-6-8-20(9-7-19)17-45-27(42)46-38-24(39)10-11-25(38)40/h1-5,12-14,19-20H,6-11,15-17H2,(H,36,41). The van der Waals surface area contributed by atoms with Gasteiger partial charge >= 0.3 is 28.7 Å². The highest BCUT2D eigenvalue weighted by Gasteiger charge is 2.39. The summed E-state index contributed by atoms with van der Waals surface area (Å²) in [5, 5.41) is 0.349. The van der Waals surface area contributed by atoms with Crippen LogP contribution in [-0.2, 0) is 48.3 Å². The smallest absolute Gasteiger partial charge is 0.432 e. The molecular weight excluding hydrogens is 664 g/mol. The van der Waals surface area contributed by atoms with E-state index in [4.69, 9.17) is 4.74 Å². The summed E-state index contributed by atoms with van der Waals surface area (Å²) in [6.45, 7) is -0.508. The monoisotopic (exact) mass is 693 g/mol. The van der Waals surface area contributed by atoms with Crippen molar-refractivity contribution in [2.24, 2.45) is 11.8 Å². The summed E-state index contributed by atoms with van der Waals surface area (Å²) in [7, 11) is -4.79. The van der Waals surface area contributed by atoms with Gasteiger partial charge in [0.05, 0.1) is 17.7 Å². The van der Waals surface area contributed by atoms with E-state index in [0.717, 1.165) is 4.31 Å². The van der Waals surface area contributed by atoms with Crippen LogP contribution in [0, 0.1) is 11.8 Å². The predicted octanol–water partition coefficient (Wildman–Crippen LogP) is 5.22. The summed E-state index contributed by atoms with van der Waals surface area (Å²) >= 11 is 0. The van der Waals surface area contributed by atoms with Gasteiger partial charge in [0, 0.05) is 31.5 Å². The second kappa shape index (κ2) is 14.3. The molecule has 2 aromatic carbocycles. The van der Waals surface area contributed by atoms with Crippen molar-refractivity contribution in [1.82, 2.24) is 14.1 Å². The van der Waals surface area contributed by atoms with Crippen molar-refractivity contribution in [2.75, 3.05) is 13.2 Å². The molecule has 47 heavy (non-hydrogen) atoms. The van der Waals surface area contributed by atoms with Gasteiger partial charge in [-0.3, -0.25) is 19.2 Å². The number of carbonyl (C=O) groups excluding carboxylic acids is 4. The quantitative estimate of drug-likeness (QED) is 0.203. The highest BCUT2D eigenvalue weighted by Crippen LogP contribution is 2.36. The summed E-state index contributed by atoms with van der Waals surface area (Å²) in [5.74, 6) is -3.45. The van der Waals surface area contributed by atoms with Crippen molar-refractivity contribution in [1.29, 1.82) is 0 Å². The molecule has 1 aliphatic carbocycles. The highest BCUT2D eigenvalue weighted by atomic mass is 32.2. The molecular formula is C29H29F6N3O8S. The van der Waals surface area contributed by atoms with Crippen molar-refractivity contribution < 1.29 is 63.5 Å². The normalized spacial score (nSPS) is 19.2. The lowest BCUT2D eigenvalue weighted by molar-refractivity contribution is -0.177. The molecule has 0 aromatic heterocycles. The van der Waals surface area contributed by atoms with Gasteiger partial charge in [-0.1, -0.05) is 35.4 Å². The molecule has 0 unspecified atom stereocenters. The van der Waals surface area contributed by atoms with Crippen molar-refractivity contribution in [3.63, 3.8) is 0 Å². The predicted molar refractivity (Wildman–Crippen MR) is 149 cm³/mol. The van der Waals surface area contributed by atoms with Crippen LogP contribution in [0.25, 0.3) is 0 Å². The van der Waals surface area contributed by atoms with Gasteiger partial charge in [-0.05, 0) is 61.3 Å². The first-order chi connectivity index (χ1) is 21.9. The fourth-order valence-electron chi connectivity index (χ4n) is 5.17. The van der Waals surface area contributed by atoms with Crippen LogP contribution in [0.2, 0.25) is 0 Å². The van der Waals surface area contributed by atoms with E-state index in [2.05, 4.69) is 4.84 Å². The number of alkyl halides is 6. The Morgan fingerprint density at radius 3 is 1.91 bits per heavy atom. The van der Waals surface area contributed by atoms with E-state index in [1.54, 1.807) is 35.1 Å². The fourth-order valence-corrected chi connectivity index (χ4v) is 6.38. The summed E-state index contributed by atoms with van der Waals surface area (Å²) in [6, 6.07) is 8.25. The first kappa shape index (κ1) is 35.7. The van der Waals surface area contributed by atoms with Crippen LogP contribution in [0.3, 0.4) is 0 Å². The molecule has 256 valence electrons. The molecule has 0 atom stereocenters. The molecule has 2 aromatic rings. The number of nitrogens with one attached hydrogen (secondary N) is 1. The zero-order valence-corrected chi connectivity index (χ0v) is 25.3. The number of nitrogens with zero attached hydrogens (tertiary/aromatic N) is 2. The average Bonchev–Trinajstić information content (AvgIpc) is 3.31. The third-order valence-electron chi connectivity index (χ3n) is 7.65. The highest BCUT2D eigenvalue weighted by molar-refractivity contribution is 7.87. The van der Waals surface area contributed by atoms with E-state index >= 15 is 0 Å². The number of rotatable bonds is 10. The van der Waals surface area contributed by atoms with E-state index < -0.39 is 63.1 Å². The lowest BCUT2D eigenvalue weighted by Crippen LogP contribution is -2.45. The topological polar surface area (TPSA) is 139 Å². The maximum Gasteiger partial charge on any atom is 0.533 e. The van der Waals surface area contributed by atoms with E-state index in [0.29, 0.717) is 36.3 Å². The van der Waals surface area contributed by atoms with Gasteiger partial charge in [0.1, 0.15) is 0 Å². The number of hydrogen-bond donors (Lipinski definition) is 1. The number of ether oxygens (including phenoxy) is 1. The number of hydroxylamine groups is 2. The maximum absolute atomic E-state index is 13.4. The summed E-state index contributed by atoms with van der Waals surface area (Å²) < 4.78 is 114. The third-order valence-corrected chi connectivity index (χ3v) is 9.05. The number of halogens is 6. The maximum atomic E-state index is 13.4. The largest absolute Gasteiger partial charge is 0.533 e. The molecule has 0 spiro atoms. The second-order valence-corrected chi connectivity index (χ2v) is 12.8. The Bertz CT molecular complexity index is 1540. The summed E-state index contributed by atoms with van der Waals surface area (Å²) in [6.07, 6.45) is -10.1. The van der Waals surface area contributed by atoms with Crippen molar-refractivity contribution in [3.05, 3.63) is 70.8 Å². The number of benzene rings is 2. The van der Waals surface area contributed by atoms with E-state index in [1.165, 1.54) is 0 Å². The minimum Gasteiger partial charge on any atom is -0.432 e. The Morgan fingerprint density at radius 2 is 1.38 bits per heavy atom. The van der Waals surface area contributed by atoms with Crippen molar-refractivity contribution >= 4 is 34.1 Å². The van der Waals surface area contributed by atoms with Gasteiger partial charge in [-0.25, -0.2) is 9.52 Å². The van der Waals surface area contributed by atoms with Gasteiger partial charge in [-0.2, -0.15) is 39.1 Å². The van der Waals surface area contributed by atoms with E-state index in [-0.39, 0.29) is 62.6 Å². The molecule has 1 saturated carbocycles. The number of carbonyl (C=O) groups is 4. The number of imide groups is 1. The summed E-state index contributed by atoms with van der Waals surface area (Å²) in [5.41, 5.74) is -4.20. The first-order valence-corrected chi connectivity index (χ1v) is 15.7. The Balaban J connectivity index is 1.42. The van der Waals surface area contributed by atoms with Crippen LogP contribution in [0.4, 0.5) is 31.1 Å². The molecule has 1 N–H and O–H groups in total. The van der Waals surface area contributed by atoms with Gasteiger partial charge in [0.25, 0.3) is 17.7 Å². The van der Waals surface area contributed by atoms with Gasteiger partial charge in [0.15, 0.2) is 0 Å². The zero-order valence-electron chi connectivity index (χ0n) is 24.5. The lowest BCUT2D eigenvalue weighted by Gasteiger charge is -2.32. The molecule has 4 rings (SSSR count). The third kappa shape index (κ3) is 9.66. The van der Waals surface area contributed by atoms with Gasteiger partial charge < -0.3 is 4.74 Å². The average molecular weight is 694 g/mol. The molecule has 18 heteroatoms. The van der Waals surface area contributed by atoms with Crippen molar-refractivity contribution in [2.45, 2.75) is 57.4 Å². The number of amides is 3. The van der Waals surface area contributed by atoms with E-state index in [9.17, 15) is 53.9 Å². The molecule has 1 saturated heterocycles. The van der Waals surface area contributed by atoms with Gasteiger partial charge in [-0.15, -0.1) is 0 Å². The molecule has 0 bridgehead atoms. The van der Waals surface area contributed by atoms with Crippen LogP contribution in [0.5, 0.6) is 0 Å². The molecule has 1 heterocycles. The first-order valence-electron chi connectivity index (χ1n) is 14.3. The molecule has 0 radical (unpaired) electrons. The zero-order chi connectivity index (χ0) is 34.6. The molecule has 2 fully saturated rings. The van der Waals surface area contributed by atoms with Crippen LogP contribution in [-0.4, -0.2) is 54.8 Å². The number of hydrogen-bond acceptors (Lipinski definition) is 8. The SMILES string of the molecule is O=C(OCC1CCC(CN(Cc2ccccc2)S(=O)(=O)NC(=O)c2cc(C(F)(F)F)cc(C(F)(F)F)c2)CC1)ON1C(=O)CCC1=O. The second-order valence-electron chi connectivity index (χ2n) is 11.1. The van der Waals surface area contributed by atoms with Gasteiger partial charge in [0.2, 0.25) is 0 Å². The molecule has 2 aliphatic rings. The minimum absolute atomic E-state index is 0.0823. The van der Waals surface area contributed by atoms with Crippen LogP contribution < -0.4 is 4.72 Å². The minimum atomic E-state index is -5.25. The van der Waals surface area contributed by atoms with Crippen LogP contribution in [0.1, 0.15) is 65.6 Å².